The number of hydrogen-bond acceptors (Lipinski definition) is 5. The molecule has 5 nitrogen and oxygen atoms in total. The normalized spacial score (nSPS) is 11.5. The second-order valence-corrected chi connectivity index (χ2v) is 4.45. The summed E-state index contributed by atoms with van der Waals surface area (Å²) < 4.78 is 10.3. The molecule has 0 fully saturated rings. The molecule has 0 saturated carbocycles. The highest BCUT2D eigenvalue weighted by molar-refractivity contribution is 5.72. The molecule has 0 aliphatic heterocycles. The van der Waals surface area contributed by atoms with Crippen molar-refractivity contribution < 1.29 is 19.4 Å². The summed E-state index contributed by atoms with van der Waals surface area (Å²) in [6.45, 7) is 7.53. The van der Waals surface area contributed by atoms with E-state index in [1.54, 1.807) is 0 Å². The number of ether oxygens (including phenoxy) is 2. The van der Waals surface area contributed by atoms with Crippen LogP contribution in [0.3, 0.4) is 0 Å². The molecule has 0 heterocycles. The van der Waals surface area contributed by atoms with Crippen LogP contribution < -0.4 is 5.32 Å². The largest absolute Gasteiger partial charge is 0.459 e. The van der Waals surface area contributed by atoms with Gasteiger partial charge in [0, 0.05) is 19.8 Å². The Morgan fingerprint density at radius 3 is 2.56 bits per heavy atom. The molecule has 0 atom stereocenters. The molecular weight excluding hydrogens is 210 g/mol. The van der Waals surface area contributed by atoms with Crippen LogP contribution in [0, 0.1) is 0 Å². The third kappa shape index (κ3) is 11.4. The maximum absolute atomic E-state index is 11.2. The molecule has 0 spiro atoms. The zero-order valence-electron chi connectivity index (χ0n) is 10.4. The van der Waals surface area contributed by atoms with Gasteiger partial charge in [-0.05, 0) is 27.2 Å². The fraction of sp³-hybridized carbons (Fsp3) is 0.909. The second-order valence-electron chi connectivity index (χ2n) is 4.45. The number of aliphatic hydroxyl groups excluding tert-OH is 1. The van der Waals surface area contributed by atoms with E-state index < -0.39 is 5.60 Å². The van der Waals surface area contributed by atoms with Crippen LogP contribution in [-0.2, 0) is 14.3 Å². The first kappa shape index (κ1) is 15.3. The summed E-state index contributed by atoms with van der Waals surface area (Å²) in [7, 11) is 0. The van der Waals surface area contributed by atoms with Gasteiger partial charge in [0.2, 0.25) is 0 Å². The molecule has 96 valence electrons. The minimum atomic E-state index is -0.434. The molecule has 16 heavy (non-hydrogen) atoms. The maximum Gasteiger partial charge on any atom is 0.320 e. The Kier molecular flexibility index (Phi) is 8.15. The zero-order chi connectivity index (χ0) is 12.4. The lowest BCUT2D eigenvalue weighted by molar-refractivity contribution is -0.153. The van der Waals surface area contributed by atoms with Crippen molar-refractivity contribution in [3.8, 4) is 0 Å². The Labute approximate surface area is 97.1 Å². The first-order valence-electron chi connectivity index (χ1n) is 5.57. The predicted molar refractivity (Wildman–Crippen MR) is 61.2 cm³/mol. The molecule has 0 rings (SSSR count). The molecule has 0 saturated heterocycles. The smallest absolute Gasteiger partial charge is 0.320 e. The van der Waals surface area contributed by atoms with Gasteiger partial charge in [-0.2, -0.15) is 0 Å². The SMILES string of the molecule is CC(C)(C)OC(=O)CNCCOCCCO. The Balaban J connectivity index is 3.28. The first-order chi connectivity index (χ1) is 7.45. The van der Waals surface area contributed by atoms with Crippen LogP contribution in [0.2, 0.25) is 0 Å². The van der Waals surface area contributed by atoms with Crippen LogP contribution in [0.4, 0.5) is 0 Å². The molecule has 0 unspecified atom stereocenters. The zero-order valence-corrected chi connectivity index (χ0v) is 10.4. The average Bonchev–Trinajstić information content (AvgIpc) is 2.13. The number of carbonyl (C=O) groups is 1. The number of rotatable bonds is 8. The van der Waals surface area contributed by atoms with E-state index >= 15 is 0 Å². The summed E-state index contributed by atoms with van der Waals surface area (Å²) in [6.07, 6.45) is 0.645. The van der Waals surface area contributed by atoms with Crippen molar-refractivity contribution in [2.45, 2.75) is 32.8 Å². The highest BCUT2D eigenvalue weighted by Gasteiger charge is 2.15. The third-order valence-electron chi connectivity index (χ3n) is 1.56. The van der Waals surface area contributed by atoms with Crippen molar-refractivity contribution >= 4 is 5.97 Å². The second kappa shape index (κ2) is 8.50. The molecule has 0 aromatic heterocycles. The number of carbonyl (C=O) groups excluding carboxylic acids is 1. The van der Waals surface area contributed by atoms with Gasteiger partial charge >= 0.3 is 5.97 Å². The van der Waals surface area contributed by atoms with Crippen molar-refractivity contribution in [3.05, 3.63) is 0 Å². The quantitative estimate of drug-likeness (QED) is 0.467. The Hall–Kier alpha value is -0.650. The molecule has 0 radical (unpaired) electrons. The van der Waals surface area contributed by atoms with Crippen LogP contribution in [0.25, 0.3) is 0 Å². The van der Waals surface area contributed by atoms with Gasteiger partial charge in [-0.15, -0.1) is 0 Å². The van der Waals surface area contributed by atoms with Crippen LogP contribution in [0.5, 0.6) is 0 Å². The first-order valence-corrected chi connectivity index (χ1v) is 5.57. The number of aliphatic hydroxyl groups is 1. The molecule has 0 bridgehead atoms. The summed E-state index contributed by atoms with van der Waals surface area (Å²) in [6, 6.07) is 0. The topological polar surface area (TPSA) is 67.8 Å². The molecule has 0 aromatic carbocycles. The van der Waals surface area contributed by atoms with Crippen LogP contribution in [0.15, 0.2) is 0 Å². The molecule has 0 aliphatic rings. The highest BCUT2D eigenvalue weighted by Crippen LogP contribution is 2.05. The van der Waals surface area contributed by atoms with E-state index in [1.165, 1.54) is 0 Å². The average molecular weight is 233 g/mol. The standard InChI is InChI=1S/C11H23NO4/c1-11(2,3)16-10(14)9-12-5-8-15-7-4-6-13/h12-13H,4-9H2,1-3H3. The van der Waals surface area contributed by atoms with Gasteiger partial charge in [0.15, 0.2) is 0 Å². The fourth-order valence-corrected chi connectivity index (χ4v) is 0.981. The molecule has 0 amide bonds. The molecule has 0 aliphatic carbocycles. The van der Waals surface area contributed by atoms with E-state index in [0.29, 0.717) is 26.2 Å². The van der Waals surface area contributed by atoms with E-state index in [4.69, 9.17) is 14.6 Å². The molecular formula is C11H23NO4. The van der Waals surface area contributed by atoms with Gasteiger partial charge in [-0.25, -0.2) is 0 Å². The van der Waals surface area contributed by atoms with E-state index in [0.717, 1.165) is 0 Å². The van der Waals surface area contributed by atoms with Crippen molar-refractivity contribution in [2.75, 3.05) is 32.9 Å². The third-order valence-corrected chi connectivity index (χ3v) is 1.56. The Morgan fingerprint density at radius 2 is 2.00 bits per heavy atom. The minimum absolute atomic E-state index is 0.144. The summed E-state index contributed by atoms with van der Waals surface area (Å²) >= 11 is 0. The summed E-state index contributed by atoms with van der Waals surface area (Å²) in [5.74, 6) is -0.261. The van der Waals surface area contributed by atoms with Crippen molar-refractivity contribution in [1.29, 1.82) is 0 Å². The van der Waals surface area contributed by atoms with E-state index in [9.17, 15) is 4.79 Å². The van der Waals surface area contributed by atoms with Gasteiger partial charge in [-0.1, -0.05) is 0 Å². The lowest BCUT2D eigenvalue weighted by atomic mass is 10.2. The van der Waals surface area contributed by atoms with E-state index in [1.807, 2.05) is 20.8 Å². The lowest BCUT2D eigenvalue weighted by Crippen LogP contribution is -2.33. The van der Waals surface area contributed by atoms with E-state index in [-0.39, 0.29) is 19.1 Å². The van der Waals surface area contributed by atoms with Gasteiger partial charge in [0.25, 0.3) is 0 Å². The summed E-state index contributed by atoms with van der Waals surface area (Å²) in [5.41, 5.74) is -0.434. The van der Waals surface area contributed by atoms with Gasteiger partial charge in [0.05, 0.1) is 13.2 Å². The Morgan fingerprint density at radius 1 is 1.31 bits per heavy atom. The van der Waals surface area contributed by atoms with Crippen LogP contribution >= 0.6 is 0 Å². The van der Waals surface area contributed by atoms with Crippen molar-refractivity contribution in [1.82, 2.24) is 5.32 Å². The number of nitrogens with one attached hydrogen (secondary N) is 1. The monoisotopic (exact) mass is 233 g/mol. The van der Waals surface area contributed by atoms with Gasteiger partial charge in [-0.3, -0.25) is 4.79 Å². The summed E-state index contributed by atoms with van der Waals surface area (Å²) in [4.78, 5) is 11.2. The fourth-order valence-electron chi connectivity index (χ4n) is 0.981. The van der Waals surface area contributed by atoms with Gasteiger partial charge < -0.3 is 19.9 Å². The minimum Gasteiger partial charge on any atom is -0.459 e. The van der Waals surface area contributed by atoms with Crippen molar-refractivity contribution in [3.63, 3.8) is 0 Å². The predicted octanol–water partition coefficient (Wildman–Crippen LogP) is 0.317. The van der Waals surface area contributed by atoms with Gasteiger partial charge in [0.1, 0.15) is 5.60 Å². The Bertz CT molecular complexity index is 189. The van der Waals surface area contributed by atoms with Crippen LogP contribution in [0.1, 0.15) is 27.2 Å². The summed E-state index contributed by atoms with van der Waals surface area (Å²) in [5, 5.41) is 11.4. The highest BCUT2D eigenvalue weighted by atomic mass is 16.6. The van der Waals surface area contributed by atoms with Crippen molar-refractivity contribution in [2.24, 2.45) is 0 Å². The molecule has 2 N–H and O–H groups in total. The lowest BCUT2D eigenvalue weighted by Gasteiger charge is -2.19. The molecule has 0 aromatic rings. The molecule has 5 heteroatoms. The maximum atomic E-state index is 11.2. The number of esters is 1. The van der Waals surface area contributed by atoms with Crippen LogP contribution in [-0.4, -0.2) is 49.6 Å². The number of hydrogen-bond donors (Lipinski definition) is 2. The van der Waals surface area contributed by atoms with E-state index in [2.05, 4.69) is 5.32 Å².